The van der Waals surface area contributed by atoms with E-state index in [0.717, 1.165) is 27.8 Å². The second-order valence-corrected chi connectivity index (χ2v) is 5.28. The lowest BCUT2D eigenvalue weighted by atomic mass is 9.90. The monoisotopic (exact) mass is 306 g/mol. The molecule has 0 aliphatic carbocycles. The summed E-state index contributed by atoms with van der Waals surface area (Å²) in [5.41, 5.74) is 5.21. The molecular formula is C22H14N2. The molecule has 0 aliphatic heterocycles. The van der Waals surface area contributed by atoms with Gasteiger partial charge >= 0.3 is 0 Å². The molecule has 0 saturated heterocycles. The molecule has 0 unspecified atom stereocenters. The van der Waals surface area contributed by atoms with Crippen LogP contribution >= 0.6 is 0 Å². The number of nitriles is 2. The van der Waals surface area contributed by atoms with E-state index < -0.39 is 0 Å². The van der Waals surface area contributed by atoms with E-state index in [2.05, 4.69) is 18.2 Å². The SMILES string of the molecule is N#CC(C#N)=Cc1cccc(-c2ccccc2)c1-c1ccccc1. The highest BCUT2D eigenvalue weighted by Crippen LogP contribution is 2.35. The Hall–Kier alpha value is -3.62. The highest BCUT2D eigenvalue weighted by molar-refractivity contribution is 5.90. The summed E-state index contributed by atoms with van der Waals surface area (Å²) < 4.78 is 0. The summed E-state index contributed by atoms with van der Waals surface area (Å²) in [4.78, 5) is 0. The van der Waals surface area contributed by atoms with Crippen LogP contribution in [0.5, 0.6) is 0 Å². The van der Waals surface area contributed by atoms with Gasteiger partial charge in [-0.1, -0.05) is 78.9 Å². The number of rotatable bonds is 3. The van der Waals surface area contributed by atoms with E-state index in [1.807, 2.05) is 72.8 Å². The lowest BCUT2D eigenvalue weighted by molar-refractivity contribution is 1.47. The molecule has 0 aliphatic rings. The van der Waals surface area contributed by atoms with Crippen molar-refractivity contribution < 1.29 is 0 Å². The van der Waals surface area contributed by atoms with Crippen molar-refractivity contribution in [3.8, 4) is 34.4 Å². The van der Waals surface area contributed by atoms with Crippen LogP contribution in [0.15, 0.2) is 84.4 Å². The number of hydrogen-bond acceptors (Lipinski definition) is 2. The van der Waals surface area contributed by atoms with Gasteiger partial charge in [0, 0.05) is 0 Å². The van der Waals surface area contributed by atoms with Crippen molar-refractivity contribution >= 4 is 6.08 Å². The molecule has 24 heavy (non-hydrogen) atoms. The van der Waals surface area contributed by atoms with Gasteiger partial charge in [0.15, 0.2) is 0 Å². The molecule has 0 N–H and O–H groups in total. The van der Waals surface area contributed by atoms with Crippen LogP contribution in [0.4, 0.5) is 0 Å². The van der Waals surface area contributed by atoms with Gasteiger partial charge in [0.25, 0.3) is 0 Å². The van der Waals surface area contributed by atoms with Crippen LogP contribution in [-0.4, -0.2) is 0 Å². The molecule has 2 nitrogen and oxygen atoms in total. The largest absolute Gasteiger partial charge is 0.192 e. The van der Waals surface area contributed by atoms with E-state index in [4.69, 9.17) is 10.5 Å². The molecule has 0 saturated carbocycles. The number of hydrogen-bond donors (Lipinski definition) is 0. The molecular weight excluding hydrogens is 292 g/mol. The molecule has 3 aromatic carbocycles. The van der Waals surface area contributed by atoms with Crippen molar-refractivity contribution in [2.45, 2.75) is 0 Å². The maximum Gasteiger partial charge on any atom is 0.130 e. The van der Waals surface area contributed by atoms with E-state index in [0.29, 0.717) is 0 Å². The summed E-state index contributed by atoms with van der Waals surface area (Å²) in [6.07, 6.45) is 1.65. The lowest BCUT2D eigenvalue weighted by Crippen LogP contribution is -1.90. The standard InChI is InChI=1S/C22H14N2/c23-15-17(16-24)14-20-12-7-13-21(18-8-3-1-4-9-18)22(20)19-10-5-2-6-11-19/h1-14H. The van der Waals surface area contributed by atoms with Crippen LogP contribution in [0.3, 0.4) is 0 Å². The summed E-state index contributed by atoms with van der Waals surface area (Å²) in [5, 5.41) is 18.2. The zero-order valence-corrected chi connectivity index (χ0v) is 13.0. The number of allylic oxidation sites excluding steroid dienone is 1. The van der Waals surface area contributed by atoms with Crippen LogP contribution in [0.2, 0.25) is 0 Å². The first-order valence-electron chi connectivity index (χ1n) is 7.59. The maximum absolute atomic E-state index is 9.09. The van der Waals surface area contributed by atoms with E-state index in [1.54, 1.807) is 6.08 Å². The highest BCUT2D eigenvalue weighted by atomic mass is 14.3. The molecule has 2 heteroatoms. The Morgan fingerprint density at radius 2 is 1.25 bits per heavy atom. The molecule has 0 fully saturated rings. The van der Waals surface area contributed by atoms with E-state index in [1.165, 1.54) is 0 Å². The molecule has 0 spiro atoms. The third-order valence-corrected chi connectivity index (χ3v) is 3.78. The lowest BCUT2D eigenvalue weighted by Gasteiger charge is -2.14. The van der Waals surface area contributed by atoms with Gasteiger partial charge in [-0.15, -0.1) is 0 Å². The minimum Gasteiger partial charge on any atom is -0.192 e. The quantitative estimate of drug-likeness (QED) is 0.604. The molecule has 3 aromatic rings. The van der Waals surface area contributed by atoms with Gasteiger partial charge in [0.05, 0.1) is 0 Å². The van der Waals surface area contributed by atoms with E-state index in [9.17, 15) is 0 Å². The second-order valence-electron chi connectivity index (χ2n) is 5.28. The summed E-state index contributed by atoms with van der Waals surface area (Å²) in [7, 11) is 0. The highest BCUT2D eigenvalue weighted by Gasteiger charge is 2.11. The smallest absolute Gasteiger partial charge is 0.130 e. The minimum atomic E-state index is 0.0948. The number of nitrogens with zero attached hydrogens (tertiary/aromatic N) is 2. The zero-order chi connectivity index (χ0) is 16.8. The van der Waals surface area contributed by atoms with Crippen LogP contribution < -0.4 is 0 Å². The van der Waals surface area contributed by atoms with Crippen LogP contribution in [-0.2, 0) is 0 Å². The third kappa shape index (κ3) is 3.09. The molecule has 3 rings (SSSR count). The predicted octanol–water partition coefficient (Wildman–Crippen LogP) is 5.45. The Balaban J connectivity index is 2.31. The molecule has 0 atom stereocenters. The van der Waals surface area contributed by atoms with Crippen LogP contribution in [0, 0.1) is 22.7 Å². The van der Waals surface area contributed by atoms with Crippen molar-refractivity contribution in [3.63, 3.8) is 0 Å². The zero-order valence-electron chi connectivity index (χ0n) is 13.0. The Labute approximate surface area is 141 Å². The third-order valence-electron chi connectivity index (χ3n) is 3.78. The fourth-order valence-corrected chi connectivity index (χ4v) is 2.72. The molecule has 112 valence electrons. The van der Waals surface area contributed by atoms with Crippen LogP contribution in [0.25, 0.3) is 28.3 Å². The van der Waals surface area contributed by atoms with Gasteiger partial charge in [-0.25, -0.2) is 0 Å². The van der Waals surface area contributed by atoms with Gasteiger partial charge < -0.3 is 0 Å². The molecule has 0 radical (unpaired) electrons. The van der Waals surface area contributed by atoms with Gasteiger partial charge in [0.1, 0.15) is 17.7 Å². The van der Waals surface area contributed by atoms with Gasteiger partial charge in [-0.2, -0.15) is 10.5 Å². The van der Waals surface area contributed by atoms with Gasteiger partial charge in [-0.05, 0) is 33.9 Å². The summed E-state index contributed by atoms with van der Waals surface area (Å²) >= 11 is 0. The number of benzene rings is 3. The minimum absolute atomic E-state index is 0.0948. The first-order chi connectivity index (χ1) is 11.8. The molecule has 0 heterocycles. The Morgan fingerprint density at radius 3 is 1.83 bits per heavy atom. The Kier molecular flexibility index (Phi) is 4.52. The van der Waals surface area contributed by atoms with Crippen molar-refractivity contribution in [2.75, 3.05) is 0 Å². The maximum atomic E-state index is 9.09. The second kappa shape index (κ2) is 7.09. The van der Waals surface area contributed by atoms with Crippen molar-refractivity contribution in [3.05, 3.63) is 90.0 Å². The Bertz CT molecular complexity index is 940. The van der Waals surface area contributed by atoms with Gasteiger partial charge in [-0.3, -0.25) is 0 Å². The predicted molar refractivity (Wildman–Crippen MR) is 96.5 cm³/mol. The average molecular weight is 306 g/mol. The van der Waals surface area contributed by atoms with Gasteiger partial charge in [0.2, 0.25) is 0 Å². The topological polar surface area (TPSA) is 47.6 Å². The van der Waals surface area contributed by atoms with Crippen molar-refractivity contribution in [1.29, 1.82) is 10.5 Å². The molecule has 0 amide bonds. The van der Waals surface area contributed by atoms with E-state index in [-0.39, 0.29) is 5.57 Å². The fourth-order valence-electron chi connectivity index (χ4n) is 2.72. The summed E-state index contributed by atoms with van der Waals surface area (Å²) in [6, 6.07) is 30.0. The molecule has 0 aromatic heterocycles. The first-order valence-corrected chi connectivity index (χ1v) is 7.59. The Morgan fingerprint density at radius 1 is 0.667 bits per heavy atom. The normalized spacial score (nSPS) is 9.58. The molecule has 0 bridgehead atoms. The van der Waals surface area contributed by atoms with Crippen molar-refractivity contribution in [2.24, 2.45) is 0 Å². The summed E-state index contributed by atoms with van der Waals surface area (Å²) in [5.74, 6) is 0. The van der Waals surface area contributed by atoms with Crippen molar-refractivity contribution in [1.82, 2.24) is 0 Å². The van der Waals surface area contributed by atoms with E-state index >= 15 is 0 Å². The fraction of sp³-hybridized carbons (Fsp3) is 0. The average Bonchev–Trinajstić information content (AvgIpc) is 2.67. The first kappa shape index (κ1) is 15.3. The van der Waals surface area contributed by atoms with Crippen LogP contribution in [0.1, 0.15) is 5.56 Å². The summed E-state index contributed by atoms with van der Waals surface area (Å²) in [6.45, 7) is 0.